The predicted octanol–water partition coefficient (Wildman–Crippen LogP) is 2.22. The number of aryl methyl sites for hydroxylation is 1. The maximum absolute atomic E-state index is 5.36. The highest BCUT2D eigenvalue weighted by Gasteiger charge is 2.35. The Kier molecular flexibility index (Phi) is 2.14. The predicted molar refractivity (Wildman–Crippen MR) is 55.1 cm³/mol. The summed E-state index contributed by atoms with van der Waals surface area (Å²) in [5.74, 6) is 1.07. The first-order chi connectivity index (χ1) is 6.53. The Labute approximate surface area is 84.9 Å². The zero-order chi connectivity index (χ0) is 10.3. The number of hydrogen-bond acceptors (Lipinski definition) is 3. The normalized spacial score (nSPS) is 24.7. The van der Waals surface area contributed by atoms with Crippen LogP contribution in [0, 0.1) is 12.3 Å². The molecule has 3 heteroatoms. The summed E-state index contributed by atoms with van der Waals surface area (Å²) in [5.41, 5.74) is 2.63. The van der Waals surface area contributed by atoms with Crippen LogP contribution in [-0.4, -0.2) is 12.2 Å². The molecule has 1 aliphatic rings. The standard InChI is InChI=1S/C11H18N2O/c1-7-10-8(12-4)5-11(2,3)6-9(10)14-13-7/h8,12H,5-6H2,1-4H3. The molecule has 0 saturated carbocycles. The van der Waals surface area contributed by atoms with Crippen molar-refractivity contribution in [2.75, 3.05) is 7.05 Å². The minimum absolute atomic E-state index is 0.312. The third-order valence-corrected chi connectivity index (χ3v) is 3.08. The molecule has 1 heterocycles. The third-order valence-electron chi connectivity index (χ3n) is 3.08. The highest BCUT2D eigenvalue weighted by atomic mass is 16.5. The van der Waals surface area contributed by atoms with Gasteiger partial charge in [-0.1, -0.05) is 19.0 Å². The zero-order valence-corrected chi connectivity index (χ0v) is 9.35. The van der Waals surface area contributed by atoms with Gasteiger partial charge in [-0.05, 0) is 25.8 Å². The third kappa shape index (κ3) is 1.46. The van der Waals surface area contributed by atoms with Gasteiger partial charge < -0.3 is 9.84 Å². The first kappa shape index (κ1) is 9.71. The quantitative estimate of drug-likeness (QED) is 0.745. The average Bonchev–Trinajstić information content (AvgIpc) is 2.44. The van der Waals surface area contributed by atoms with Gasteiger partial charge in [-0.2, -0.15) is 0 Å². The lowest BCUT2D eigenvalue weighted by molar-refractivity contribution is 0.230. The van der Waals surface area contributed by atoms with E-state index in [4.69, 9.17) is 4.52 Å². The molecule has 1 atom stereocenters. The van der Waals surface area contributed by atoms with Gasteiger partial charge in [-0.3, -0.25) is 0 Å². The summed E-state index contributed by atoms with van der Waals surface area (Å²) in [6.45, 7) is 6.57. The molecule has 0 spiro atoms. The summed E-state index contributed by atoms with van der Waals surface area (Å²) >= 11 is 0. The average molecular weight is 194 g/mol. The summed E-state index contributed by atoms with van der Waals surface area (Å²) in [6.07, 6.45) is 2.15. The van der Waals surface area contributed by atoms with E-state index >= 15 is 0 Å². The minimum atomic E-state index is 0.312. The van der Waals surface area contributed by atoms with Crippen molar-refractivity contribution in [3.63, 3.8) is 0 Å². The number of aromatic nitrogens is 1. The Bertz CT molecular complexity index is 341. The Hall–Kier alpha value is -0.830. The fraction of sp³-hybridized carbons (Fsp3) is 0.727. The van der Waals surface area contributed by atoms with Gasteiger partial charge in [0.2, 0.25) is 0 Å². The summed E-state index contributed by atoms with van der Waals surface area (Å²) in [7, 11) is 2.00. The number of nitrogens with one attached hydrogen (secondary N) is 1. The van der Waals surface area contributed by atoms with E-state index in [9.17, 15) is 0 Å². The van der Waals surface area contributed by atoms with Gasteiger partial charge in [0.25, 0.3) is 0 Å². The number of nitrogens with zero attached hydrogens (tertiary/aromatic N) is 1. The maximum Gasteiger partial charge on any atom is 0.142 e. The second-order valence-corrected chi connectivity index (χ2v) is 4.99. The van der Waals surface area contributed by atoms with Crippen molar-refractivity contribution in [2.45, 2.75) is 39.7 Å². The van der Waals surface area contributed by atoms with Crippen LogP contribution in [0.2, 0.25) is 0 Å². The second-order valence-electron chi connectivity index (χ2n) is 4.99. The summed E-state index contributed by atoms with van der Waals surface area (Å²) < 4.78 is 5.36. The summed E-state index contributed by atoms with van der Waals surface area (Å²) in [6, 6.07) is 0.403. The van der Waals surface area contributed by atoms with Gasteiger partial charge in [0.1, 0.15) is 5.76 Å². The maximum atomic E-state index is 5.36. The van der Waals surface area contributed by atoms with Crippen molar-refractivity contribution in [1.82, 2.24) is 10.5 Å². The van der Waals surface area contributed by atoms with Crippen molar-refractivity contribution < 1.29 is 4.52 Å². The van der Waals surface area contributed by atoms with Crippen LogP contribution in [0.3, 0.4) is 0 Å². The zero-order valence-electron chi connectivity index (χ0n) is 9.35. The first-order valence-electron chi connectivity index (χ1n) is 5.16. The molecule has 1 aromatic heterocycles. The molecular formula is C11H18N2O. The van der Waals surface area contributed by atoms with Crippen LogP contribution in [0.25, 0.3) is 0 Å². The molecule has 0 fully saturated rings. The van der Waals surface area contributed by atoms with Crippen molar-refractivity contribution in [3.05, 3.63) is 17.0 Å². The van der Waals surface area contributed by atoms with Crippen LogP contribution in [-0.2, 0) is 6.42 Å². The van der Waals surface area contributed by atoms with E-state index in [2.05, 4.69) is 24.3 Å². The monoisotopic (exact) mass is 194 g/mol. The SMILES string of the molecule is CNC1CC(C)(C)Cc2onc(C)c21. The lowest BCUT2D eigenvalue weighted by Gasteiger charge is -2.33. The van der Waals surface area contributed by atoms with Crippen molar-refractivity contribution in [2.24, 2.45) is 5.41 Å². The van der Waals surface area contributed by atoms with Crippen LogP contribution < -0.4 is 5.32 Å². The smallest absolute Gasteiger partial charge is 0.142 e. The van der Waals surface area contributed by atoms with Gasteiger partial charge in [0.05, 0.1) is 5.69 Å². The molecule has 1 N–H and O–H groups in total. The molecule has 1 aromatic rings. The molecule has 2 rings (SSSR count). The fourth-order valence-electron chi connectivity index (χ4n) is 2.41. The highest BCUT2D eigenvalue weighted by molar-refractivity contribution is 5.29. The van der Waals surface area contributed by atoms with Crippen molar-refractivity contribution in [1.29, 1.82) is 0 Å². The molecule has 14 heavy (non-hydrogen) atoms. The molecule has 78 valence electrons. The van der Waals surface area contributed by atoms with Crippen LogP contribution >= 0.6 is 0 Å². The number of rotatable bonds is 1. The number of hydrogen-bond donors (Lipinski definition) is 1. The Morgan fingerprint density at radius 3 is 2.86 bits per heavy atom. The molecule has 0 bridgehead atoms. The Morgan fingerprint density at radius 2 is 2.21 bits per heavy atom. The lowest BCUT2D eigenvalue weighted by Crippen LogP contribution is -2.31. The van der Waals surface area contributed by atoms with E-state index in [1.807, 2.05) is 14.0 Å². The Balaban J connectivity index is 2.43. The van der Waals surface area contributed by atoms with Gasteiger partial charge in [-0.25, -0.2) is 0 Å². The molecule has 0 amide bonds. The molecule has 1 unspecified atom stereocenters. The minimum Gasteiger partial charge on any atom is -0.361 e. The summed E-state index contributed by atoms with van der Waals surface area (Å²) in [5, 5.41) is 7.39. The topological polar surface area (TPSA) is 38.1 Å². The van der Waals surface area contributed by atoms with Crippen LogP contribution in [0.5, 0.6) is 0 Å². The molecule has 0 radical (unpaired) electrons. The molecule has 3 nitrogen and oxygen atoms in total. The molecule has 0 aromatic carbocycles. The van der Waals surface area contributed by atoms with Crippen LogP contribution in [0.4, 0.5) is 0 Å². The van der Waals surface area contributed by atoms with Gasteiger partial charge in [0.15, 0.2) is 0 Å². The molecule has 0 saturated heterocycles. The fourth-order valence-corrected chi connectivity index (χ4v) is 2.41. The van der Waals surface area contributed by atoms with E-state index in [1.165, 1.54) is 5.56 Å². The van der Waals surface area contributed by atoms with Crippen molar-refractivity contribution in [3.8, 4) is 0 Å². The van der Waals surface area contributed by atoms with E-state index in [1.54, 1.807) is 0 Å². The van der Waals surface area contributed by atoms with E-state index in [0.29, 0.717) is 11.5 Å². The molecule has 1 aliphatic carbocycles. The highest BCUT2D eigenvalue weighted by Crippen LogP contribution is 2.41. The van der Waals surface area contributed by atoms with Gasteiger partial charge >= 0.3 is 0 Å². The van der Waals surface area contributed by atoms with Crippen molar-refractivity contribution >= 4 is 0 Å². The van der Waals surface area contributed by atoms with Crippen LogP contribution in [0.15, 0.2) is 4.52 Å². The van der Waals surface area contributed by atoms with E-state index in [-0.39, 0.29) is 0 Å². The van der Waals surface area contributed by atoms with E-state index in [0.717, 1.165) is 24.3 Å². The van der Waals surface area contributed by atoms with E-state index < -0.39 is 0 Å². The Morgan fingerprint density at radius 1 is 1.50 bits per heavy atom. The first-order valence-corrected chi connectivity index (χ1v) is 5.16. The lowest BCUT2D eigenvalue weighted by atomic mass is 9.74. The summed E-state index contributed by atoms with van der Waals surface area (Å²) in [4.78, 5) is 0. The molecule has 0 aliphatic heterocycles. The molecular weight excluding hydrogens is 176 g/mol. The van der Waals surface area contributed by atoms with Gasteiger partial charge in [0, 0.05) is 18.0 Å². The second kappa shape index (κ2) is 3.09. The number of fused-ring (bicyclic) bond motifs is 1. The largest absolute Gasteiger partial charge is 0.361 e. The van der Waals surface area contributed by atoms with Crippen LogP contribution in [0.1, 0.15) is 43.3 Å². The van der Waals surface area contributed by atoms with Gasteiger partial charge in [-0.15, -0.1) is 0 Å².